The van der Waals surface area contributed by atoms with Gasteiger partial charge < -0.3 is 14.8 Å². The molecule has 0 saturated carbocycles. The number of benzene rings is 3. The first-order chi connectivity index (χ1) is 13.6. The van der Waals surface area contributed by atoms with E-state index in [9.17, 15) is 14.3 Å². The third-order valence-electron chi connectivity index (χ3n) is 4.57. The smallest absolute Gasteiger partial charge is 0.307 e. The second-order valence-corrected chi connectivity index (χ2v) is 6.54. The molecule has 0 bridgehead atoms. The third kappa shape index (κ3) is 3.74. The SMILES string of the molecule is O=C(O)Cc1c(-c2cccc(OCc3ccccc3)c2)[nH]c2ccc(F)cc12. The van der Waals surface area contributed by atoms with Crippen LogP contribution in [0.15, 0.2) is 72.8 Å². The summed E-state index contributed by atoms with van der Waals surface area (Å²) in [5, 5.41) is 9.89. The molecule has 0 amide bonds. The molecular formula is C23H18FNO3. The average molecular weight is 375 g/mol. The molecule has 0 fully saturated rings. The molecule has 1 heterocycles. The van der Waals surface area contributed by atoms with Crippen molar-refractivity contribution in [3.63, 3.8) is 0 Å². The molecule has 28 heavy (non-hydrogen) atoms. The minimum atomic E-state index is -0.970. The molecule has 4 nitrogen and oxygen atoms in total. The van der Waals surface area contributed by atoms with E-state index in [1.807, 2.05) is 54.6 Å². The molecule has 0 aliphatic rings. The van der Waals surface area contributed by atoms with Crippen molar-refractivity contribution in [1.82, 2.24) is 4.98 Å². The molecule has 0 aliphatic carbocycles. The number of hydrogen-bond donors (Lipinski definition) is 2. The summed E-state index contributed by atoms with van der Waals surface area (Å²) in [6.45, 7) is 0.435. The van der Waals surface area contributed by atoms with Crippen molar-refractivity contribution in [1.29, 1.82) is 0 Å². The molecular weight excluding hydrogens is 357 g/mol. The molecule has 0 atom stereocenters. The summed E-state index contributed by atoms with van der Waals surface area (Å²) < 4.78 is 19.6. The third-order valence-corrected chi connectivity index (χ3v) is 4.57. The van der Waals surface area contributed by atoms with Crippen LogP contribution < -0.4 is 4.74 Å². The van der Waals surface area contributed by atoms with Gasteiger partial charge in [0.05, 0.1) is 12.1 Å². The highest BCUT2D eigenvalue weighted by Crippen LogP contribution is 2.33. The maximum absolute atomic E-state index is 13.7. The number of carbonyl (C=O) groups is 1. The van der Waals surface area contributed by atoms with E-state index in [1.165, 1.54) is 12.1 Å². The Morgan fingerprint density at radius 1 is 1.00 bits per heavy atom. The number of nitrogens with one attached hydrogen (secondary N) is 1. The number of halogens is 1. The van der Waals surface area contributed by atoms with Gasteiger partial charge in [0.1, 0.15) is 18.2 Å². The molecule has 5 heteroatoms. The largest absolute Gasteiger partial charge is 0.489 e. The standard InChI is InChI=1S/C23H18FNO3/c24-17-9-10-21-19(12-17)20(13-22(26)27)23(25-21)16-7-4-8-18(11-16)28-14-15-5-2-1-3-6-15/h1-12,25H,13-14H2,(H,26,27). The summed E-state index contributed by atoms with van der Waals surface area (Å²) in [6, 6.07) is 21.6. The number of aromatic nitrogens is 1. The topological polar surface area (TPSA) is 62.3 Å². The van der Waals surface area contributed by atoms with E-state index < -0.39 is 11.8 Å². The van der Waals surface area contributed by atoms with Gasteiger partial charge in [-0.2, -0.15) is 0 Å². The molecule has 4 aromatic rings. The summed E-state index contributed by atoms with van der Waals surface area (Å²) in [6.07, 6.45) is -0.201. The van der Waals surface area contributed by atoms with E-state index in [2.05, 4.69) is 4.98 Å². The van der Waals surface area contributed by atoms with E-state index in [4.69, 9.17) is 4.74 Å². The highest BCUT2D eigenvalue weighted by Gasteiger charge is 2.17. The predicted octanol–water partition coefficient (Wildman–Crippen LogP) is 5.18. The fourth-order valence-electron chi connectivity index (χ4n) is 3.28. The minimum absolute atomic E-state index is 0.201. The normalized spacial score (nSPS) is 10.9. The van der Waals surface area contributed by atoms with Crippen LogP contribution in [-0.4, -0.2) is 16.1 Å². The van der Waals surface area contributed by atoms with Crippen LogP contribution in [0.5, 0.6) is 5.75 Å². The number of rotatable bonds is 6. The lowest BCUT2D eigenvalue weighted by Crippen LogP contribution is -2.01. The van der Waals surface area contributed by atoms with Crippen molar-refractivity contribution in [2.45, 2.75) is 13.0 Å². The van der Waals surface area contributed by atoms with Crippen molar-refractivity contribution < 1.29 is 19.0 Å². The molecule has 0 unspecified atom stereocenters. The Labute approximate surface area is 161 Å². The summed E-state index contributed by atoms with van der Waals surface area (Å²) in [7, 11) is 0. The van der Waals surface area contributed by atoms with Crippen LogP contribution in [0.1, 0.15) is 11.1 Å². The number of ether oxygens (including phenoxy) is 1. The quantitative estimate of drug-likeness (QED) is 0.488. The Morgan fingerprint density at radius 3 is 2.61 bits per heavy atom. The molecule has 140 valence electrons. The van der Waals surface area contributed by atoms with Crippen LogP contribution in [0.3, 0.4) is 0 Å². The van der Waals surface area contributed by atoms with Crippen LogP contribution in [0.2, 0.25) is 0 Å². The Kier molecular flexibility index (Phi) is 4.81. The number of aromatic amines is 1. The summed E-state index contributed by atoms with van der Waals surface area (Å²) in [4.78, 5) is 14.6. The van der Waals surface area contributed by atoms with Gasteiger partial charge >= 0.3 is 5.97 Å². The molecule has 0 aliphatic heterocycles. The lowest BCUT2D eigenvalue weighted by atomic mass is 10.0. The van der Waals surface area contributed by atoms with Crippen molar-refractivity contribution in [3.8, 4) is 17.0 Å². The first-order valence-electron chi connectivity index (χ1n) is 8.89. The van der Waals surface area contributed by atoms with E-state index in [-0.39, 0.29) is 6.42 Å². The molecule has 4 rings (SSSR count). The Morgan fingerprint density at radius 2 is 1.82 bits per heavy atom. The van der Waals surface area contributed by atoms with Gasteiger partial charge in [-0.1, -0.05) is 42.5 Å². The Balaban J connectivity index is 1.70. The van der Waals surface area contributed by atoms with Gasteiger partial charge in [-0.25, -0.2) is 4.39 Å². The molecule has 0 spiro atoms. The minimum Gasteiger partial charge on any atom is -0.489 e. The van der Waals surface area contributed by atoms with Gasteiger partial charge in [-0.15, -0.1) is 0 Å². The lowest BCUT2D eigenvalue weighted by molar-refractivity contribution is -0.136. The zero-order valence-electron chi connectivity index (χ0n) is 15.0. The number of hydrogen-bond acceptors (Lipinski definition) is 2. The lowest BCUT2D eigenvalue weighted by Gasteiger charge is -2.09. The van der Waals surface area contributed by atoms with Crippen LogP contribution >= 0.6 is 0 Å². The van der Waals surface area contributed by atoms with E-state index in [1.54, 1.807) is 6.07 Å². The van der Waals surface area contributed by atoms with Gasteiger partial charge in [0.25, 0.3) is 0 Å². The summed E-state index contributed by atoms with van der Waals surface area (Å²) in [5.74, 6) is -0.694. The predicted molar refractivity (Wildman–Crippen MR) is 106 cm³/mol. The number of carboxylic acids is 1. The first kappa shape index (κ1) is 17.8. The van der Waals surface area contributed by atoms with Crippen LogP contribution in [0.25, 0.3) is 22.2 Å². The van der Waals surface area contributed by atoms with Gasteiger partial charge in [0.2, 0.25) is 0 Å². The Hall–Kier alpha value is -3.60. The van der Waals surface area contributed by atoms with Crippen LogP contribution in [0.4, 0.5) is 4.39 Å². The van der Waals surface area contributed by atoms with Crippen LogP contribution in [-0.2, 0) is 17.8 Å². The van der Waals surface area contributed by atoms with Crippen molar-refractivity contribution in [2.75, 3.05) is 0 Å². The highest BCUT2D eigenvalue weighted by molar-refractivity contribution is 5.94. The molecule has 3 aromatic carbocycles. The molecule has 1 aromatic heterocycles. The van der Waals surface area contributed by atoms with Crippen molar-refractivity contribution in [2.24, 2.45) is 0 Å². The number of carboxylic acid groups (broad SMARTS) is 1. The fourth-order valence-corrected chi connectivity index (χ4v) is 3.28. The average Bonchev–Trinajstić information content (AvgIpc) is 3.04. The maximum atomic E-state index is 13.7. The fraction of sp³-hybridized carbons (Fsp3) is 0.0870. The zero-order chi connectivity index (χ0) is 19.5. The van der Waals surface area contributed by atoms with Crippen LogP contribution in [0, 0.1) is 5.82 Å². The van der Waals surface area contributed by atoms with E-state index >= 15 is 0 Å². The van der Waals surface area contributed by atoms with E-state index in [0.717, 1.165) is 11.1 Å². The summed E-state index contributed by atoms with van der Waals surface area (Å²) >= 11 is 0. The van der Waals surface area contributed by atoms with Gasteiger partial charge in [-0.3, -0.25) is 4.79 Å². The molecule has 0 saturated heterocycles. The molecule has 0 radical (unpaired) electrons. The van der Waals surface area contributed by atoms with Gasteiger partial charge in [0, 0.05) is 16.5 Å². The highest BCUT2D eigenvalue weighted by atomic mass is 19.1. The Bertz CT molecular complexity index is 1140. The van der Waals surface area contributed by atoms with E-state index in [0.29, 0.717) is 34.5 Å². The number of aliphatic carboxylic acids is 1. The molecule has 2 N–H and O–H groups in total. The number of H-pyrrole nitrogens is 1. The number of fused-ring (bicyclic) bond motifs is 1. The monoisotopic (exact) mass is 375 g/mol. The van der Waals surface area contributed by atoms with Crippen molar-refractivity contribution in [3.05, 3.63) is 89.7 Å². The maximum Gasteiger partial charge on any atom is 0.307 e. The second-order valence-electron chi connectivity index (χ2n) is 6.54. The zero-order valence-corrected chi connectivity index (χ0v) is 15.0. The van der Waals surface area contributed by atoms with Gasteiger partial charge in [0.15, 0.2) is 0 Å². The summed E-state index contributed by atoms with van der Waals surface area (Å²) in [5.41, 5.74) is 3.76. The second kappa shape index (κ2) is 7.56. The first-order valence-corrected chi connectivity index (χ1v) is 8.89. The van der Waals surface area contributed by atoms with Crippen molar-refractivity contribution >= 4 is 16.9 Å². The van der Waals surface area contributed by atoms with Gasteiger partial charge in [-0.05, 0) is 41.5 Å².